The van der Waals surface area contributed by atoms with Gasteiger partial charge in [0.25, 0.3) is 0 Å². The molecule has 0 bridgehead atoms. The van der Waals surface area contributed by atoms with Gasteiger partial charge in [0, 0.05) is 31.1 Å². The number of hydrogen-bond acceptors (Lipinski definition) is 1. The summed E-state index contributed by atoms with van der Waals surface area (Å²) in [6.45, 7) is 0. The van der Waals surface area contributed by atoms with E-state index in [0.29, 0.717) is 11.3 Å². The third kappa shape index (κ3) is 3.11. The Labute approximate surface area is 204 Å². The fourth-order valence-corrected chi connectivity index (χ4v) is 4.44. The van der Waals surface area contributed by atoms with Gasteiger partial charge >= 0.3 is 0 Å². The molecule has 1 aromatic heterocycles. The zero-order chi connectivity index (χ0) is 22.9. The number of fused-ring (bicyclic) bond motifs is 3. The number of aromatic nitrogens is 1. The van der Waals surface area contributed by atoms with Crippen LogP contribution in [0.4, 0.5) is 22.0 Å². The van der Waals surface area contributed by atoms with E-state index in [1.165, 1.54) is 18.2 Å². The molecule has 0 spiro atoms. The molecular weight excluding hydrogens is 626 g/mol. The molecule has 6 rings (SSSR count). The van der Waals surface area contributed by atoms with Crippen molar-refractivity contribution in [2.24, 2.45) is 0 Å². The molecule has 1 radical (unpaired) electrons. The minimum Gasteiger partial charge on any atom is -0.296 e. The first kappa shape index (κ1) is 22.4. The molecule has 169 valence electrons. The van der Waals surface area contributed by atoms with Crippen molar-refractivity contribution in [3.8, 4) is 44.6 Å². The summed E-state index contributed by atoms with van der Waals surface area (Å²) in [5.41, 5.74) is 4.54. The second-order valence-corrected chi connectivity index (χ2v) is 7.74. The summed E-state index contributed by atoms with van der Waals surface area (Å²) in [4.78, 5) is 4.69. The van der Waals surface area contributed by atoms with Crippen LogP contribution >= 0.6 is 0 Å². The van der Waals surface area contributed by atoms with Crippen molar-refractivity contribution in [2.45, 2.75) is 0 Å². The third-order valence-corrected chi connectivity index (χ3v) is 5.92. The summed E-state index contributed by atoms with van der Waals surface area (Å²) in [6.07, 6.45) is 0. The first-order valence-electron chi connectivity index (χ1n) is 10.0. The van der Waals surface area contributed by atoms with Gasteiger partial charge in [-0.1, -0.05) is 48.0 Å². The van der Waals surface area contributed by atoms with Crippen molar-refractivity contribution in [1.82, 2.24) is 4.98 Å². The van der Waals surface area contributed by atoms with E-state index in [2.05, 4.69) is 6.07 Å². The molecule has 0 unspecified atom stereocenters. The molecule has 0 saturated heterocycles. The van der Waals surface area contributed by atoms with E-state index in [4.69, 9.17) is 4.98 Å². The molecule has 0 aliphatic heterocycles. The van der Waals surface area contributed by atoms with Gasteiger partial charge < -0.3 is 0 Å². The largest absolute Gasteiger partial charge is 0.296 e. The second kappa shape index (κ2) is 8.12. The van der Waals surface area contributed by atoms with Crippen molar-refractivity contribution < 1.29 is 42.1 Å². The first-order chi connectivity index (χ1) is 16.0. The van der Waals surface area contributed by atoms with E-state index in [1.54, 1.807) is 0 Å². The van der Waals surface area contributed by atoms with E-state index in [-0.39, 0.29) is 25.7 Å². The van der Waals surface area contributed by atoms with Crippen LogP contribution in [0.25, 0.3) is 55.5 Å². The molecule has 1 aliphatic rings. The molecule has 34 heavy (non-hydrogen) atoms. The summed E-state index contributed by atoms with van der Waals surface area (Å²) < 4.78 is 69.7. The Bertz CT molecular complexity index is 1600. The number of pyridine rings is 1. The Balaban J connectivity index is 0.00000241. The Morgan fingerprint density at radius 3 is 1.94 bits per heavy atom. The molecule has 1 heterocycles. The minimum absolute atomic E-state index is 0. The van der Waals surface area contributed by atoms with E-state index >= 15 is 0 Å². The van der Waals surface area contributed by atoms with Crippen LogP contribution in [-0.2, 0) is 20.1 Å². The zero-order valence-corrected chi connectivity index (χ0v) is 19.4. The molecule has 0 amide bonds. The smallest absolute Gasteiger partial charge is 0.200 e. The molecule has 0 saturated carbocycles. The molecule has 0 N–H and O–H groups in total. The van der Waals surface area contributed by atoms with Crippen molar-refractivity contribution in [2.75, 3.05) is 0 Å². The van der Waals surface area contributed by atoms with Gasteiger partial charge in [-0.25, -0.2) is 22.0 Å². The predicted octanol–water partition coefficient (Wildman–Crippen LogP) is 7.71. The average molecular weight is 637 g/mol. The average Bonchev–Trinajstić information content (AvgIpc) is 3.17. The molecular formula is C27H11F5IrN-. The summed E-state index contributed by atoms with van der Waals surface area (Å²) in [5, 5.41) is 0.998. The standard InChI is InChI=1S/C27H11F5N.Ir/c28-23-21(24(29)26(31)27(32)25(23)30)14-6-3-5-13(11-14)20-12-18-16-8-2-1-7-15(16)17-9-4-10-19(33-20)22(17)18;/h1-4,6-12H;/q-1;. The summed E-state index contributed by atoms with van der Waals surface area (Å²) >= 11 is 0. The number of benzene rings is 4. The summed E-state index contributed by atoms with van der Waals surface area (Å²) in [6, 6.07) is 22.5. The van der Waals surface area contributed by atoms with Crippen molar-refractivity contribution in [3.63, 3.8) is 0 Å². The fourth-order valence-electron chi connectivity index (χ4n) is 4.44. The maximum atomic E-state index is 14.4. The summed E-state index contributed by atoms with van der Waals surface area (Å²) in [7, 11) is 0. The van der Waals surface area contributed by atoms with Crippen molar-refractivity contribution in [3.05, 3.63) is 102 Å². The van der Waals surface area contributed by atoms with Gasteiger partial charge in [-0.2, -0.15) is 0 Å². The fraction of sp³-hybridized carbons (Fsp3) is 0. The third-order valence-electron chi connectivity index (χ3n) is 5.92. The van der Waals surface area contributed by atoms with Gasteiger partial charge in [0.2, 0.25) is 5.82 Å². The Hall–Kier alpha value is -3.41. The van der Waals surface area contributed by atoms with E-state index in [1.807, 2.05) is 48.5 Å². The number of hydrogen-bond donors (Lipinski definition) is 0. The zero-order valence-electron chi connectivity index (χ0n) is 17.0. The van der Waals surface area contributed by atoms with Gasteiger partial charge in [0.05, 0.1) is 5.52 Å². The van der Waals surface area contributed by atoms with Crippen LogP contribution in [0.15, 0.2) is 66.7 Å². The van der Waals surface area contributed by atoms with Gasteiger partial charge in [-0.05, 0) is 34.0 Å². The number of nitrogens with zero attached hydrogens (tertiary/aromatic N) is 1. The van der Waals surface area contributed by atoms with Crippen molar-refractivity contribution >= 4 is 10.9 Å². The van der Waals surface area contributed by atoms with Crippen molar-refractivity contribution in [1.29, 1.82) is 0 Å². The van der Waals surface area contributed by atoms with E-state index in [9.17, 15) is 22.0 Å². The molecule has 5 aromatic rings. The van der Waals surface area contributed by atoms with Crippen LogP contribution in [0.5, 0.6) is 0 Å². The van der Waals surface area contributed by atoms with Gasteiger partial charge in [0.15, 0.2) is 23.3 Å². The van der Waals surface area contributed by atoms with Crippen LogP contribution in [0.1, 0.15) is 0 Å². The maximum Gasteiger partial charge on any atom is 0.200 e. The van der Waals surface area contributed by atoms with Crippen LogP contribution in [0, 0.1) is 35.2 Å². The number of halogens is 5. The molecule has 4 aromatic carbocycles. The SMILES string of the molecule is Fc1c(F)c(F)c(-c2cc[c-]c(-c3cc4c5c(cccc5n3)-c3ccccc3-4)c2)c(F)c1F.[Ir]. The summed E-state index contributed by atoms with van der Waals surface area (Å²) in [5.74, 6) is -9.93. The van der Waals surface area contributed by atoms with Gasteiger partial charge in [-0.15, -0.1) is 29.8 Å². The van der Waals surface area contributed by atoms with E-state index in [0.717, 1.165) is 33.2 Å². The molecule has 1 aliphatic carbocycles. The topological polar surface area (TPSA) is 12.9 Å². The van der Waals surface area contributed by atoms with Crippen LogP contribution in [-0.4, -0.2) is 4.98 Å². The molecule has 1 nitrogen and oxygen atoms in total. The molecule has 0 atom stereocenters. The Morgan fingerprint density at radius 2 is 1.24 bits per heavy atom. The van der Waals surface area contributed by atoms with Crippen LogP contribution < -0.4 is 0 Å². The second-order valence-electron chi connectivity index (χ2n) is 7.74. The van der Waals surface area contributed by atoms with Crippen LogP contribution in [0.2, 0.25) is 0 Å². The number of rotatable bonds is 2. The van der Waals surface area contributed by atoms with E-state index < -0.39 is 34.6 Å². The Kier molecular flexibility index (Phi) is 5.34. The quantitative estimate of drug-likeness (QED) is 0.0822. The first-order valence-corrected chi connectivity index (χ1v) is 10.0. The Morgan fingerprint density at radius 1 is 0.618 bits per heavy atom. The monoisotopic (exact) mass is 637 g/mol. The van der Waals surface area contributed by atoms with Gasteiger partial charge in [0.1, 0.15) is 0 Å². The maximum absolute atomic E-state index is 14.4. The molecule has 7 heteroatoms. The van der Waals surface area contributed by atoms with Gasteiger partial charge in [-0.3, -0.25) is 4.98 Å². The molecule has 0 fully saturated rings. The normalized spacial score (nSPS) is 11.4. The predicted molar refractivity (Wildman–Crippen MR) is 116 cm³/mol. The minimum atomic E-state index is -2.19. The van der Waals surface area contributed by atoms with Crippen LogP contribution in [0.3, 0.4) is 0 Å².